The van der Waals surface area contributed by atoms with Crippen LogP contribution in [0.5, 0.6) is 0 Å². The van der Waals surface area contributed by atoms with Crippen molar-refractivity contribution in [1.29, 1.82) is 0 Å². The van der Waals surface area contributed by atoms with Gasteiger partial charge in [-0.05, 0) is 24.5 Å². The zero-order chi connectivity index (χ0) is 14.0. The minimum Gasteiger partial charge on any atom is -0.239 e. The van der Waals surface area contributed by atoms with Crippen LogP contribution in [0.3, 0.4) is 0 Å². The minimum absolute atomic E-state index is 0.884. The van der Waals surface area contributed by atoms with Crippen LogP contribution < -0.4 is 0 Å². The molecule has 20 heavy (non-hydrogen) atoms. The summed E-state index contributed by atoms with van der Waals surface area (Å²) in [6.45, 7) is 2.25. The average Bonchev–Trinajstić information content (AvgIpc) is 2.50. The molecular formula is C19H23N. The maximum Gasteiger partial charge on any atom is 0.113 e. The van der Waals surface area contributed by atoms with Crippen molar-refractivity contribution >= 4 is 10.9 Å². The van der Waals surface area contributed by atoms with Crippen molar-refractivity contribution < 1.29 is 0 Å². The summed E-state index contributed by atoms with van der Waals surface area (Å²) in [5.41, 5.74) is 1.91. The Labute approximate surface area is 122 Å². The van der Waals surface area contributed by atoms with E-state index in [4.69, 9.17) is 0 Å². The molecule has 1 aromatic carbocycles. The van der Waals surface area contributed by atoms with Gasteiger partial charge in [-0.15, -0.1) is 0 Å². The second-order valence-corrected chi connectivity index (χ2v) is 5.21. The largest absolute Gasteiger partial charge is 0.239 e. The van der Waals surface area contributed by atoms with Gasteiger partial charge in [0, 0.05) is 11.8 Å². The summed E-state index contributed by atoms with van der Waals surface area (Å²) >= 11 is 0. The number of hydrogen-bond donors (Lipinski definition) is 0. The Hall–Kier alpha value is -1.81. The molecule has 0 spiro atoms. The molecule has 0 amide bonds. The smallest absolute Gasteiger partial charge is 0.113 e. The van der Waals surface area contributed by atoms with E-state index in [-0.39, 0.29) is 0 Å². The quantitative estimate of drug-likeness (QED) is 0.507. The molecule has 1 heterocycles. The Morgan fingerprint density at radius 1 is 0.900 bits per heavy atom. The van der Waals surface area contributed by atoms with Crippen LogP contribution in [-0.4, -0.2) is 4.98 Å². The van der Waals surface area contributed by atoms with E-state index >= 15 is 0 Å². The molecule has 0 saturated heterocycles. The van der Waals surface area contributed by atoms with Gasteiger partial charge in [0.1, 0.15) is 5.69 Å². The lowest BCUT2D eigenvalue weighted by Crippen LogP contribution is -1.84. The van der Waals surface area contributed by atoms with Crippen LogP contribution in [0.25, 0.3) is 10.9 Å². The Morgan fingerprint density at radius 3 is 2.60 bits per heavy atom. The molecule has 0 radical (unpaired) electrons. The number of rotatable bonds is 6. The fourth-order valence-corrected chi connectivity index (χ4v) is 2.28. The molecule has 0 unspecified atom stereocenters. The predicted octanol–water partition coefficient (Wildman–Crippen LogP) is 5.34. The van der Waals surface area contributed by atoms with Gasteiger partial charge < -0.3 is 0 Å². The van der Waals surface area contributed by atoms with E-state index in [0.717, 1.165) is 17.6 Å². The third kappa shape index (κ3) is 4.70. The van der Waals surface area contributed by atoms with Crippen molar-refractivity contribution in [3.8, 4) is 11.8 Å². The van der Waals surface area contributed by atoms with Gasteiger partial charge in [0.25, 0.3) is 0 Å². The van der Waals surface area contributed by atoms with Crippen LogP contribution in [0.1, 0.15) is 57.6 Å². The molecule has 0 bridgehead atoms. The molecule has 1 nitrogen and oxygen atoms in total. The lowest BCUT2D eigenvalue weighted by molar-refractivity contribution is 0.614. The summed E-state index contributed by atoms with van der Waals surface area (Å²) in [6.07, 6.45) is 8.91. The molecule has 2 rings (SSSR count). The Balaban J connectivity index is 1.79. The first-order valence-corrected chi connectivity index (χ1v) is 7.75. The van der Waals surface area contributed by atoms with Gasteiger partial charge in [-0.1, -0.05) is 69.2 Å². The zero-order valence-electron chi connectivity index (χ0n) is 12.4. The number of para-hydroxylation sites is 1. The first-order valence-electron chi connectivity index (χ1n) is 7.75. The van der Waals surface area contributed by atoms with E-state index in [1.54, 1.807) is 0 Å². The van der Waals surface area contributed by atoms with Gasteiger partial charge in [-0.2, -0.15) is 0 Å². The zero-order valence-corrected chi connectivity index (χ0v) is 12.4. The minimum atomic E-state index is 0.884. The number of benzene rings is 1. The average molecular weight is 265 g/mol. The maximum absolute atomic E-state index is 4.56. The second-order valence-electron chi connectivity index (χ2n) is 5.21. The molecule has 0 saturated carbocycles. The van der Waals surface area contributed by atoms with Crippen LogP contribution in [0.4, 0.5) is 0 Å². The molecular weight excluding hydrogens is 242 g/mol. The molecule has 104 valence electrons. The fourth-order valence-electron chi connectivity index (χ4n) is 2.28. The van der Waals surface area contributed by atoms with Crippen molar-refractivity contribution in [2.45, 2.75) is 51.9 Å². The first-order chi connectivity index (χ1) is 9.90. The maximum atomic E-state index is 4.56. The van der Waals surface area contributed by atoms with Gasteiger partial charge in [-0.3, -0.25) is 0 Å². The van der Waals surface area contributed by atoms with E-state index in [9.17, 15) is 0 Å². The first kappa shape index (κ1) is 14.6. The number of pyridine rings is 1. The van der Waals surface area contributed by atoms with Crippen LogP contribution in [0, 0.1) is 11.8 Å². The molecule has 0 N–H and O–H groups in total. The highest BCUT2D eigenvalue weighted by molar-refractivity contribution is 5.78. The molecule has 1 aromatic heterocycles. The SMILES string of the molecule is CCCCCCCCC#Cc1ccc2ccccc2n1. The normalized spacial score (nSPS) is 10.2. The van der Waals surface area contributed by atoms with Crippen molar-refractivity contribution in [2.75, 3.05) is 0 Å². The van der Waals surface area contributed by atoms with E-state index in [1.165, 1.54) is 43.9 Å². The molecule has 0 atom stereocenters. The van der Waals surface area contributed by atoms with Crippen LogP contribution in [0.2, 0.25) is 0 Å². The summed E-state index contributed by atoms with van der Waals surface area (Å²) in [4.78, 5) is 4.56. The van der Waals surface area contributed by atoms with Gasteiger partial charge in [0.15, 0.2) is 0 Å². The van der Waals surface area contributed by atoms with Crippen molar-refractivity contribution in [2.24, 2.45) is 0 Å². The number of hydrogen-bond acceptors (Lipinski definition) is 1. The molecule has 0 aliphatic rings. The number of unbranched alkanes of at least 4 members (excludes halogenated alkanes) is 6. The Morgan fingerprint density at radius 2 is 1.70 bits per heavy atom. The van der Waals surface area contributed by atoms with Gasteiger partial charge in [0.05, 0.1) is 5.52 Å². The van der Waals surface area contributed by atoms with Gasteiger partial charge in [-0.25, -0.2) is 4.98 Å². The fraction of sp³-hybridized carbons (Fsp3) is 0.421. The standard InChI is InChI=1S/C19H23N/c1-2-3-4-5-6-7-8-9-13-18-16-15-17-12-10-11-14-19(17)20-18/h10-12,14-16H,2-8H2,1H3. The molecule has 2 aromatic rings. The lowest BCUT2D eigenvalue weighted by Gasteiger charge is -1.97. The monoisotopic (exact) mass is 265 g/mol. The highest BCUT2D eigenvalue weighted by Gasteiger charge is 1.94. The van der Waals surface area contributed by atoms with E-state index in [2.05, 4.69) is 35.9 Å². The Bertz CT molecular complexity index is 589. The summed E-state index contributed by atoms with van der Waals surface area (Å²) < 4.78 is 0. The van der Waals surface area contributed by atoms with Crippen LogP contribution >= 0.6 is 0 Å². The number of nitrogens with zero attached hydrogens (tertiary/aromatic N) is 1. The van der Waals surface area contributed by atoms with E-state index in [1.807, 2.05) is 24.3 Å². The Kier molecular flexibility index (Phi) is 6.11. The second kappa shape index (κ2) is 8.38. The van der Waals surface area contributed by atoms with Crippen LogP contribution in [0.15, 0.2) is 36.4 Å². The molecule has 0 aliphatic heterocycles. The van der Waals surface area contributed by atoms with Crippen molar-refractivity contribution in [1.82, 2.24) is 4.98 Å². The molecule has 0 fully saturated rings. The summed E-state index contributed by atoms with van der Waals surface area (Å²) in [5, 5.41) is 1.17. The summed E-state index contributed by atoms with van der Waals surface area (Å²) in [6, 6.07) is 12.3. The third-order valence-electron chi connectivity index (χ3n) is 3.47. The third-order valence-corrected chi connectivity index (χ3v) is 3.47. The van der Waals surface area contributed by atoms with Crippen molar-refractivity contribution in [3.63, 3.8) is 0 Å². The topological polar surface area (TPSA) is 12.9 Å². The van der Waals surface area contributed by atoms with Gasteiger partial charge >= 0.3 is 0 Å². The predicted molar refractivity (Wildman–Crippen MR) is 86.6 cm³/mol. The number of fused-ring (bicyclic) bond motifs is 1. The summed E-state index contributed by atoms with van der Waals surface area (Å²) in [5.74, 6) is 6.42. The molecule has 1 heteroatoms. The number of aromatic nitrogens is 1. The van der Waals surface area contributed by atoms with Crippen LogP contribution in [-0.2, 0) is 0 Å². The highest BCUT2D eigenvalue weighted by atomic mass is 14.7. The lowest BCUT2D eigenvalue weighted by atomic mass is 10.1. The van der Waals surface area contributed by atoms with E-state index in [0.29, 0.717) is 0 Å². The van der Waals surface area contributed by atoms with E-state index < -0.39 is 0 Å². The highest BCUT2D eigenvalue weighted by Crippen LogP contribution is 2.11. The molecule has 0 aliphatic carbocycles. The van der Waals surface area contributed by atoms with Gasteiger partial charge in [0.2, 0.25) is 0 Å². The van der Waals surface area contributed by atoms with Crippen molar-refractivity contribution in [3.05, 3.63) is 42.1 Å². The summed E-state index contributed by atoms with van der Waals surface area (Å²) in [7, 11) is 0.